The first-order valence-electron chi connectivity index (χ1n) is 11.4. The van der Waals surface area contributed by atoms with E-state index in [-0.39, 0.29) is 11.5 Å². The van der Waals surface area contributed by atoms with Crippen molar-refractivity contribution in [2.45, 2.75) is 50.9 Å². The Morgan fingerprint density at radius 3 is 2.35 bits per heavy atom. The second kappa shape index (κ2) is 9.13. The van der Waals surface area contributed by atoms with Gasteiger partial charge in [-0.25, -0.2) is 4.79 Å². The van der Waals surface area contributed by atoms with E-state index in [1.165, 1.54) is 37.8 Å². The minimum absolute atomic E-state index is 0.117. The number of hydrogen-bond donors (Lipinski definition) is 2. The summed E-state index contributed by atoms with van der Waals surface area (Å²) in [5.74, 6) is -0.380. The van der Waals surface area contributed by atoms with E-state index in [4.69, 9.17) is 5.73 Å². The van der Waals surface area contributed by atoms with Crippen molar-refractivity contribution in [1.29, 1.82) is 0 Å². The van der Waals surface area contributed by atoms with Crippen molar-refractivity contribution < 1.29 is 14.7 Å². The lowest BCUT2D eigenvalue weighted by Gasteiger charge is -2.43. The Kier molecular flexibility index (Phi) is 6.30. The zero-order valence-corrected chi connectivity index (χ0v) is 18.2. The van der Waals surface area contributed by atoms with E-state index in [9.17, 15) is 14.7 Å². The fraction of sp³-hybridized carbons (Fsp3) is 0.462. The van der Waals surface area contributed by atoms with Crippen LogP contribution in [0.5, 0.6) is 0 Å². The van der Waals surface area contributed by atoms with Crippen LogP contribution in [0, 0.1) is 11.8 Å². The Labute approximate surface area is 184 Å². The SMILES string of the molecule is CC(c1ccccc1N1CCC2CCCCC2C1)C(C(N)=O)c1ccc(C(=O)O)cc1. The minimum Gasteiger partial charge on any atom is -0.478 e. The average Bonchev–Trinajstić information content (AvgIpc) is 2.79. The number of hydrogen-bond acceptors (Lipinski definition) is 3. The van der Waals surface area contributed by atoms with Gasteiger partial charge in [0.1, 0.15) is 0 Å². The molecule has 1 saturated heterocycles. The number of aromatic carboxylic acids is 1. The number of nitrogens with two attached hydrogens (primary N) is 1. The average molecular weight is 421 g/mol. The molecule has 0 spiro atoms. The molecule has 31 heavy (non-hydrogen) atoms. The number of amides is 1. The number of fused-ring (bicyclic) bond motifs is 1. The monoisotopic (exact) mass is 420 g/mol. The van der Waals surface area contributed by atoms with Gasteiger partial charge in [0.2, 0.25) is 5.91 Å². The summed E-state index contributed by atoms with van der Waals surface area (Å²) in [6.07, 6.45) is 6.63. The molecule has 0 aromatic heterocycles. The normalized spacial score (nSPS) is 22.9. The number of primary amides is 1. The van der Waals surface area contributed by atoms with Gasteiger partial charge in [-0.2, -0.15) is 0 Å². The Bertz CT molecular complexity index is 940. The largest absolute Gasteiger partial charge is 0.478 e. The van der Waals surface area contributed by atoms with Crippen LogP contribution >= 0.6 is 0 Å². The summed E-state index contributed by atoms with van der Waals surface area (Å²) in [4.78, 5) is 26.2. The molecule has 4 rings (SSSR count). The van der Waals surface area contributed by atoms with Crippen molar-refractivity contribution >= 4 is 17.6 Å². The van der Waals surface area contributed by atoms with Gasteiger partial charge >= 0.3 is 5.97 Å². The number of carboxylic acid groups (broad SMARTS) is 1. The Hall–Kier alpha value is -2.82. The molecule has 1 saturated carbocycles. The first-order chi connectivity index (χ1) is 15.0. The number of rotatable bonds is 6. The molecule has 164 valence electrons. The van der Waals surface area contributed by atoms with E-state index in [0.717, 1.165) is 36.1 Å². The number of anilines is 1. The zero-order chi connectivity index (χ0) is 22.0. The molecule has 1 aliphatic heterocycles. The van der Waals surface area contributed by atoms with Gasteiger partial charge in [0, 0.05) is 18.8 Å². The second-order valence-corrected chi connectivity index (χ2v) is 9.19. The molecule has 2 aromatic rings. The number of para-hydroxylation sites is 1. The van der Waals surface area contributed by atoms with E-state index < -0.39 is 17.8 Å². The maximum absolute atomic E-state index is 12.5. The highest BCUT2D eigenvalue weighted by atomic mass is 16.4. The number of nitrogens with zero attached hydrogens (tertiary/aromatic N) is 1. The number of piperidine rings is 1. The summed E-state index contributed by atoms with van der Waals surface area (Å²) in [7, 11) is 0. The second-order valence-electron chi connectivity index (χ2n) is 9.19. The van der Waals surface area contributed by atoms with E-state index in [2.05, 4.69) is 23.1 Å². The van der Waals surface area contributed by atoms with Crippen LogP contribution in [0.1, 0.15) is 72.3 Å². The molecule has 1 amide bonds. The summed E-state index contributed by atoms with van der Waals surface area (Å²) in [5.41, 5.74) is 9.14. The van der Waals surface area contributed by atoms with Crippen molar-refractivity contribution in [1.82, 2.24) is 0 Å². The van der Waals surface area contributed by atoms with Gasteiger partial charge in [-0.1, -0.05) is 56.5 Å². The number of carbonyl (C=O) groups is 2. The van der Waals surface area contributed by atoms with Crippen LogP contribution < -0.4 is 10.6 Å². The summed E-state index contributed by atoms with van der Waals surface area (Å²) in [6.45, 7) is 4.19. The lowest BCUT2D eigenvalue weighted by Crippen LogP contribution is -2.42. The summed E-state index contributed by atoms with van der Waals surface area (Å²) in [6, 6.07) is 14.9. The van der Waals surface area contributed by atoms with Gasteiger partial charge in [0.05, 0.1) is 11.5 Å². The first kappa shape index (κ1) is 21.4. The van der Waals surface area contributed by atoms with Gasteiger partial charge < -0.3 is 15.7 Å². The molecule has 2 fully saturated rings. The third-order valence-corrected chi connectivity index (χ3v) is 7.38. The van der Waals surface area contributed by atoms with Crippen LogP contribution in [-0.2, 0) is 4.79 Å². The molecule has 4 unspecified atom stereocenters. The van der Waals surface area contributed by atoms with Crippen molar-refractivity contribution in [3.63, 3.8) is 0 Å². The van der Waals surface area contributed by atoms with Gasteiger partial charge in [-0.15, -0.1) is 0 Å². The summed E-state index contributed by atoms with van der Waals surface area (Å²) < 4.78 is 0. The van der Waals surface area contributed by atoms with Crippen molar-refractivity contribution in [3.05, 3.63) is 65.2 Å². The number of carbonyl (C=O) groups excluding carboxylic acids is 1. The third-order valence-electron chi connectivity index (χ3n) is 7.38. The van der Waals surface area contributed by atoms with Crippen LogP contribution in [0.4, 0.5) is 5.69 Å². The lowest BCUT2D eigenvalue weighted by molar-refractivity contribution is -0.119. The lowest BCUT2D eigenvalue weighted by atomic mass is 9.74. The number of benzene rings is 2. The molecule has 5 heteroatoms. The summed E-state index contributed by atoms with van der Waals surface area (Å²) in [5, 5.41) is 9.18. The van der Waals surface area contributed by atoms with E-state index in [1.807, 2.05) is 13.0 Å². The van der Waals surface area contributed by atoms with Crippen molar-refractivity contribution in [2.24, 2.45) is 17.6 Å². The van der Waals surface area contributed by atoms with Crippen molar-refractivity contribution in [3.8, 4) is 0 Å². The van der Waals surface area contributed by atoms with Gasteiger partial charge in [-0.3, -0.25) is 4.79 Å². The molecule has 2 aliphatic rings. The molecular weight excluding hydrogens is 388 g/mol. The predicted octanol–water partition coefficient (Wildman–Crippen LogP) is 4.77. The maximum Gasteiger partial charge on any atom is 0.335 e. The van der Waals surface area contributed by atoms with E-state index >= 15 is 0 Å². The number of carboxylic acids is 1. The zero-order valence-electron chi connectivity index (χ0n) is 18.2. The standard InChI is InChI=1S/C26H32N2O3/c1-17(24(25(27)29)19-10-12-20(13-11-19)26(30)31)22-8-4-5-9-23(22)28-15-14-18-6-2-3-7-21(18)16-28/h4-5,8-13,17-18,21,24H,2-3,6-7,14-16H2,1H3,(H2,27,29)(H,30,31). The van der Waals surface area contributed by atoms with Gasteiger partial charge in [0.25, 0.3) is 0 Å². The fourth-order valence-electron chi connectivity index (χ4n) is 5.69. The molecule has 0 bridgehead atoms. The quantitative estimate of drug-likeness (QED) is 0.705. The van der Waals surface area contributed by atoms with E-state index in [1.54, 1.807) is 24.3 Å². The Balaban J connectivity index is 1.62. The minimum atomic E-state index is -0.980. The molecule has 2 aromatic carbocycles. The maximum atomic E-state index is 12.5. The highest BCUT2D eigenvalue weighted by Crippen LogP contribution is 2.41. The molecular formula is C26H32N2O3. The highest BCUT2D eigenvalue weighted by Gasteiger charge is 2.34. The predicted molar refractivity (Wildman–Crippen MR) is 122 cm³/mol. The molecule has 3 N–H and O–H groups in total. The third kappa shape index (κ3) is 4.46. The van der Waals surface area contributed by atoms with Gasteiger partial charge in [0.15, 0.2) is 0 Å². The van der Waals surface area contributed by atoms with Gasteiger partial charge in [-0.05, 0) is 59.9 Å². The molecule has 4 atom stereocenters. The Morgan fingerprint density at radius 2 is 1.68 bits per heavy atom. The first-order valence-corrected chi connectivity index (χ1v) is 11.4. The smallest absolute Gasteiger partial charge is 0.335 e. The molecule has 5 nitrogen and oxygen atoms in total. The summed E-state index contributed by atoms with van der Waals surface area (Å²) >= 11 is 0. The molecule has 1 aliphatic carbocycles. The van der Waals surface area contributed by atoms with Crippen LogP contribution in [0.25, 0.3) is 0 Å². The molecule has 0 radical (unpaired) electrons. The Morgan fingerprint density at radius 1 is 1.00 bits per heavy atom. The van der Waals surface area contributed by atoms with Crippen LogP contribution in [0.3, 0.4) is 0 Å². The van der Waals surface area contributed by atoms with Crippen LogP contribution in [0.15, 0.2) is 48.5 Å². The molecule has 1 heterocycles. The van der Waals surface area contributed by atoms with Crippen LogP contribution in [-0.4, -0.2) is 30.1 Å². The van der Waals surface area contributed by atoms with Crippen LogP contribution in [0.2, 0.25) is 0 Å². The van der Waals surface area contributed by atoms with Crippen molar-refractivity contribution in [2.75, 3.05) is 18.0 Å². The topological polar surface area (TPSA) is 83.6 Å². The fourth-order valence-corrected chi connectivity index (χ4v) is 5.69. The highest BCUT2D eigenvalue weighted by molar-refractivity contribution is 5.88. The van der Waals surface area contributed by atoms with E-state index in [0.29, 0.717) is 0 Å².